The summed E-state index contributed by atoms with van der Waals surface area (Å²) in [5, 5.41) is 11.5. The van der Waals surface area contributed by atoms with Crippen molar-refractivity contribution in [1.82, 2.24) is 36.1 Å². The van der Waals surface area contributed by atoms with Crippen molar-refractivity contribution in [2.24, 2.45) is 23.7 Å². The van der Waals surface area contributed by atoms with Crippen molar-refractivity contribution in [1.29, 1.82) is 0 Å². The Bertz CT molecular complexity index is 1360. The number of aromatic nitrogens is 2. The molecule has 3 aliphatic carbocycles. The van der Waals surface area contributed by atoms with E-state index in [1.807, 2.05) is 20.8 Å². The van der Waals surface area contributed by atoms with Gasteiger partial charge in [0, 0.05) is 25.0 Å². The van der Waals surface area contributed by atoms with E-state index < -0.39 is 53.6 Å². The van der Waals surface area contributed by atoms with Gasteiger partial charge in [-0.1, -0.05) is 59.3 Å². The third-order valence-corrected chi connectivity index (χ3v) is 11.1. The number of carbonyl (C=O) groups excluding carboxylic acids is 6. The van der Waals surface area contributed by atoms with Gasteiger partial charge >= 0.3 is 0 Å². The molecule has 0 radical (unpaired) electrons. The molecule has 0 aromatic carbocycles. The summed E-state index contributed by atoms with van der Waals surface area (Å²) in [6.07, 6.45) is 14.5. The van der Waals surface area contributed by atoms with E-state index in [2.05, 4.69) is 31.2 Å². The molecule has 13 nitrogen and oxygen atoms in total. The predicted octanol–water partition coefficient (Wildman–Crippen LogP) is 2.45. The smallest absolute Gasteiger partial charge is 0.289 e. The van der Waals surface area contributed by atoms with Gasteiger partial charge in [-0.25, -0.2) is 4.98 Å². The number of nitrogens with zero attached hydrogens (tertiary/aromatic N) is 3. The van der Waals surface area contributed by atoms with Crippen molar-refractivity contribution in [2.45, 2.75) is 134 Å². The number of hydrogen-bond donors (Lipinski definition) is 4. The second kappa shape index (κ2) is 16.7. The molecular weight excluding hydrogens is 626 g/mol. The van der Waals surface area contributed by atoms with Crippen LogP contribution in [0.3, 0.4) is 0 Å². The lowest BCUT2D eigenvalue weighted by Gasteiger charge is -2.35. The summed E-state index contributed by atoms with van der Waals surface area (Å²) < 4.78 is 0. The van der Waals surface area contributed by atoms with Gasteiger partial charge in [0.25, 0.3) is 11.8 Å². The highest BCUT2D eigenvalue weighted by molar-refractivity contribution is 6.38. The Hall–Kier alpha value is -3.90. The quantitative estimate of drug-likeness (QED) is 0.204. The van der Waals surface area contributed by atoms with Crippen LogP contribution >= 0.6 is 0 Å². The Balaban J connectivity index is 1.35. The van der Waals surface area contributed by atoms with E-state index >= 15 is 0 Å². The third-order valence-electron chi connectivity index (χ3n) is 11.1. The molecule has 1 saturated heterocycles. The molecule has 13 heteroatoms. The van der Waals surface area contributed by atoms with Gasteiger partial charge in [0.05, 0.1) is 12.2 Å². The van der Waals surface area contributed by atoms with Crippen LogP contribution in [0.15, 0.2) is 18.6 Å². The molecule has 2 heterocycles. The Morgan fingerprint density at radius 1 is 0.898 bits per heavy atom. The zero-order valence-electron chi connectivity index (χ0n) is 29.1. The molecule has 5 rings (SSSR count). The van der Waals surface area contributed by atoms with Crippen LogP contribution in [-0.2, 0) is 24.0 Å². The maximum absolute atomic E-state index is 14.5. The number of carbonyl (C=O) groups is 6. The van der Waals surface area contributed by atoms with Crippen molar-refractivity contribution >= 4 is 35.3 Å². The first-order valence-corrected chi connectivity index (χ1v) is 18.5. The van der Waals surface area contributed by atoms with Gasteiger partial charge in [0.2, 0.25) is 23.5 Å². The number of likely N-dealkylation sites (tertiary alicyclic amines) is 1. The summed E-state index contributed by atoms with van der Waals surface area (Å²) in [6.45, 7) is 6.12. The van der Waals surface area contributed by atoms with E-state index in [4.69, 9.17) is 0 Å². The highest BCUT2D eigenvalue weighted by atomic mass is 16.2. The number of amides is 5. The van der Waals surface area contributed by atoms with Gasteiger partial charge in [0.1, 0.15) is 23.8 Å². The van der Waals surface area contributed by atoms with E-state index in [-0.39, 0.29) is 41.3 Å². The molecule has 4 fully saturated rings. The molecule has 7 atom stereocenters. The van der Waals surface area contributed by atoms with E-state index in [0.717, 1.165) is 64.2 Å². The van der Waals surface area contributed by atoms with Crippen molar-refractivity contribution in [3.8, 4) is 0 Å². The average molecular weight is 680 g/mol. The van der Waals surface area contributed by atoms with Crippen molar-refractivity contribution in [2.75, 3.05) is 6.54 Å². The molecule has 268 valence electrons. The van der Waals surface area contributed by atoms with Gasteiger partial charge in [-0.05, 0) is 68.6 Å². The highest BCUT2D eigenvalue weighted by Crippen LogP contribution is 2.43. The molecule has 0 bridgehead atoms. The van der Waals surface area contributed by atoms with Crippen LogP contribution in [-0.4, -0.2) is 86.9 Å². The van der Waals surface area contributed by atoms with Crippen LogP contribution in [0.1, 0.15) is 115 Å². The molecule has 0 spiro atoms. The standard InChI is InChI=1S/C36H53N7O6/c1-4-10-26(31(44)35(48)39-24-15-16-24)40-34(47)30-25-14-9-13-23(25)20-43(30)36(49)28(21(3)5-2)41-33(46)29(22-11-7-6-8-12-22)42-32(45)27-19-37-17-18-38-27/h17-19,21-26,28-30H,4-16,20H2,1-3H3,(H,39,48)(H,40,47)(H,41,46)(H,42,45)/t21?,23-,25-,26+,28-,29+,30-/m0/s1. The molecular formula is C36H53N7O6. The molecule has 5 amide bonds. The Morgan fingerprint density at radius 3 is 2.31 bits per heavy atom. The first kappa shape index (κ1) is 36.4. The lowest BCUT2D eigenvalue weighted by atomic mass is 9.83. The zero-order valence-corrected chi connectivity index (χ0v) is 29.1. The van der Waals surface area contributed by atoms with Gasteiger partial charge in [0.15, 0.2) is 0 Å². The van der Waals surface area contributed by atoms with Crippen LogP contribution < -0.4 is 21.3 Å². The summed E-state index contributed by atoms with van der Waals surface area (Å²) in [5.41, 5.74) is 0.105. The largest absolute Gasteiger partial charge is 0.347 e. The number of Topliss-reactive ketones (excluding diaryl/α,β-unsaturated/α-hetero) is 1. The SMILES string of the molecule is CCC[C@@H](NC(=O)[C@@H]1[C@H]2CCC[C@H]2CN1C(=O)[C@@H](NC(=O)[C@H](NC(=O)c1cnccn1)C1CCCCC1)C(C)CC)C(=O)C(=O)NC1CC1. The number of hydrogen-bond acceptors (Lipinski definition) is 8. The Labute approximate surface area is 288 Å². The molecule has 1 aliphatic heterocycles. The Morgan fingerprint density at radius 2 is 1.65 bits per heavy atom. The third kappa shape index (κ3) is 8.83. The van der Waals surface area contributed by atoms with E-state index in [1.54, 1.807) is 4.90 Å². The minimum atomic E-state index is -0.979. The van der Waals surface area contributed by atoms with Crippen LogP contribution in [0.2, 0.25) is 0 Å². The fourth-order valence-electron chi connectivity index (χ4n) is 7.93. The van der Waals surface area contributed by atoms with Crippen LogP contribution in [0.4, 0.5) is 0 Å². The van der Waals surface area contributed by atoms with E-state index in [9.17, 15) is 28.8 Å². The first-order valence-electron chi connectivity index (χ1n) is 18.5. The second-order valence-corrected chi connectivity index (χ2v) is 14.6. The van der Waals surface area contributed by atoms with E-state index in [1.165, 1.54) is 18.6 Å². The number of nitrogens with one attached hydrogen (secondary N) is 4. The fourth-order valence-corrected chi connectivity index (χ4v) is 7.93. The minimum absolute atomic E-state index is 0.0161. The second-order valence-electron chi connectivity index (χ2n) is 14.6. The lowest BCUT2D eigenvalue weighted by molar-refractivity contribution is -0.145. The summed E-state index contributed by atoms with van der Waals surface area (Å²) >= 11 is 0. The lowest BCUT2D eigenvalue weighted by Crippen LogP contribution is -2.61. The molecule has 3 saturated carbocycles. The van der Waals surface area contributed by atoms with Gasteiger partial charge in [-0.3, -0.25) is 33.8 Å². The van der Waals surface area contributed by atoms with Crippen LogP contribution in [0, 0.1) is 23.7 Å². The van der Waals surface area contributed by atoms with Crippen molar-refractivity contribution < 1.29 is 28.8 Å². The number of fused-ring (bicyclic) bond motifs is 1. The van der Waals surface area contributed by atoms with Gasteiger partial charge in [-0.15, -0.1) is 0 Å². The van der Waals surface area contributed by atoms with Gasteiger partial charge < -0.3 is 26.2 Å². The fraction of sp³-hybridized carbons (Fsp3) is 0.722. The minimum Gasteiger partial charge on any atom is -0.347 e. The van der Waals surface area contributed by atoms with Crippen molar-refractivity contribution in [3.05, 3.63) is 24.3 Å². The molecule has 1 aromatic rings. The summed E-state index contributed by atoms with van der Waals surface area (Å²) in [6, 6.07) is -3.57. The molecule has 1 unspecified atom stereocenters. The maximum atomic E-state index is 14.5. The Kier molecular flexibility index (Phi) is 12.4. The normalized spacial score (nSPS) is 24.6. The molecule has 1 aromatic heterocycles. The maximum Gasteiger partial charge on any atom is 0.289 e. The molecule has 49 heavy (non-hydrogen) atoms. The summed E-state index contributed by atoms with van der Waals surface area (Å²) in [4.78, 5) is 91.3. The van der Waals surface area contributed by atoms with Crippen molar-refractivity contribution in [3.63, 3.8) is 0 Å². The highest BCUT2D eigenvalue weighted by Gasteiger charge is 2.51. The number of rotatable bonds is 15. The summed E-state index contributed by atoms with van der Waals surface area (Å²) in [7, 11) is 0. The van der Waals surface area contributed by atoms with Crippen LogP contribution in [0.25, 0.3) is 0 Å². The predicted molar refractivity (Wildman–Crippen MR) is 181 cm³/mol. The number of ketones is 1. The monoisotopic (exact) mass is 679 g/mol. The molecule has 4 aliphatic rings. The summed E-state index contributed by atoms with van der Waals surface area (Å²) in [5.74, 6) is -3.36. The molecule has 4 N–H and O–H groups in total. The average Bonchev–Trinajstić information content (AvgIpc) is 3.69. The zero-order chi connectivity index (χ0) is 35.1. The van der Waals surface area contributed by atoms with E-state index in [0.29, 0.717) is 25.8 Å². The topological polar surface area (TPSA) is 180 Å². The first-order chi connectivity index (χ1) is 23.6. The van der Waals surface area contributed by atoms with Crippen LogP contribution in [0.5, 0.6) is 0 Å². The van der Waals surface area contributed by atoms with Gasteiger partial charge in [-0.2, -0.15) is 0 Å².